The van der Waals surface area contributed by atoms with Gasteiger partial charge in [0.15, 0.2) is 0 Å². The monoisotopic (exact) mass is 264 g/mol. The van der Waals surface area contributed by atoms with Crippen molar-refractivity contribution in [3.8, 4) is 0 Å². The molecule has 0 unspecified atom stereocenters. The molecule has 3 rings (SSSR count). The molecule has 1 spiro atoms. The predicted octanol–water partition coefficient (Wildman–Crippen LogP) is 1.84. The maximum atomic E-state index is 12.7. The second-order valence-corrected chi connectivity index (χ2v) is 6.47. The number of carbonyl (C=O) groups is 2. The lowest BCUT2D eigenvalue weighted by Crippen LogP contribution is -2.55. The first-order valence-electron chi connectivity index (χ1n) is 7.80. The Hall–Kier alpha value is -1.06. The van der Waals surface area contributed by atoms with E-state index in [0.29, 0.717) is 13.0 Å². The minimum atomic E-state index is -0.548. The molecule has 1 N–H and O–H groups in total. The second-order valence-electron chi connectivity index (χ2n) is 6.47. The summed E-state index contributed by atoms with van der Waals surface area (Å²) in [7, 11) is 0. The molecule has 1 aliphatic heterocycles. The summed E-state index contributed by atoms with van der Waals surface area (Å²) in [6, 6.07) is 0. The van der Waals surface area contributed by atoms with E-state index in [0.717, 1.165) is 44.6 Å². The molecule has 1 heterocycles. The van der Waals surface area contributed by atoms with E-state index in [4.69, 9.17) is 0 Å². The van der Waals surface area contributed by atoms with Gasteiger partial charge in [-0.05, 0) is 25.2 Å². The minimum absolute atomic E-state index is 0.0568. The van der Waals surface area contributed by atoms with E-state index in [1.54, 1.807) is 0 Å². The van der Waals surface area contributed by atoms with Gasteiger partial charge in [-0.1, -0.05) is 32.1 Å². The normalized spacial score (nSPS) is 27.3. The average Bonchev–Trinajstić information content (AvgIpc) is 2.75. The molecule has 3 aliphatic rings. The Bertz CT molecular complexity index is 370. The standard InChI is InChI=1S/C15H24N2O2/c18-13-7-11-17(10-6-12-4-3-5-12)14(19)15(16-13)8-1-2-9-15/h12H,1-11H2,(H,16,18). The summed E-state index contributed by atoms with van der Waals surface area (Å²) in [5, 5.41) is 3.02. The van der Waals surface area contributed by atoms with Crippen LogP contribution in [0.1, 0.15) is 57.8 Å². The Balaban J connectivity index is 1.68. The van der Waals surface area contributed by atoms with E-state index in [-0.39, 0.29) is 11.8 Å². The Labute approximate surface area is 114 Å². The highest BCUT2D eigenvalue weighted by atomic mass is 16.2. The van der Waals surface area contributed by atoms with Crippen molar-refractivity contribution >= 4 is 11.8 Å². The van der Waals surface area contributed by atoms with Crippen molar-refractivity contribution in [1.29, 1.82) is 0 Å². The fourth-order valence-corrected chi connectivity index (χ4v) is 3.67. The van der Waals surface area contributed by atoms with Gasteiger partial charge in [0, 0.05) is 19.5 Å². The Morgan fingerprint density at radius 3 is 2.53 bits per heavy atom. The topological polar surface area (TPSA) is 49.4 Å². The summed E-state index contributed by atoms with van der Waals surface area (Å²) >= 11 is 0. The van der Waals surface area contributed by atoms with E-state index in [2.05, 4.69) is 5.32 Å². The van der Waals surface area contributed by atoms with Gasteiger partial charge in [-0.15, -0.1) is 0 Å². The van der Waals surface area contributed by atoms with Gasteiger partial charge in [0.25, 0.3) is 0 Å². The molecule has 2 saturated carbocycles. The highest BCUT2D eigenvalue weighted by Crippen LogP contribution is 2.34. The predicted molar refractivity (Wildman–Crippen MR) is 72.5 cm³/mol. The van der Waals surface area contributed by atoms with Crippen LogP contribution >= 0.6 is 0 Å². The number of rotatable bonds is 3. The molecule has 4 heteroatoms. The molecule has 0 atom stereocenters. The van der Waals surface area contributed by atoms with Crippen molar-refractivity contribution in [3.05, 3.63) is 0 Å². The Morgan fingerprint density at radius 2 is 1.89 bits per heavy atom. The molecule has 1 saturated heterocycles. The molecule has 2 aliphatic carbocycles. The molecule has 0 aromatic heterocycles. The third-order valence-corrected chi connectivity index (χ3v) is 5.17. The summed E-state index contributed by atoms with van der Waals surface area (Å²) in [4.78, 5) is 26.6. The fourth-order valence-electron chi connectivity index (χ4n) is 3.67. The zero-order valence-electron chi connectivity index (χ0n) is 11.6. The fraction of sp³-hybridized carbons (Fsp3) is 0.867. The minimum Gasteiger partial charge on any atom is -0.342 e. The van der Waals surface area contributed by atoms with Crippen LogP contribution in [-0.4, -0.2) is 35.3 Å². The van der Waals surface area contributed by atoms with Crippen LogP contribution < -0.4 is 5.32 Å². The van der Waals surface area contributed by atoms with Crippen LogP contribution in [0.2, 0.25) is 0 Å². The summed E-state index contributed by atoms with van der Waals surface area (Å²) < 4.78 is 0. The lowest BCUT2D eigenvalue weighted by Gasteiger charge is -2.33. The lowest BCUT2D eigenvalue weighted by atomic mass is 9.83. The number of amides is 2. The number of carbonyl (C=O) groups excluding carboxylic acids is 2. The summed E-state index contributed by atoms with van der Waals surface area (Å²) in [6.07, 6.45) is 9.37. The average molecular weight is 264 g/mol. The molecule has 0 radical (unpaired) electrons. The van der Waals surface area contributed by atoms with Crippen molar-refractivity contribution in [3.63, 3.8) is 0 Å². The van der Waals surface area contributed by atoms with Crippen LogP contribution in [0.4, 0.5) is 0 Å². The van der Waals surface area contributed by atoms with Crippen molar-refractivity contribution in [2.45, 2.75) is 63.3 Å². The zero-order chi connectivity index (χ0) is 13.3. The first-order valence-corrected chi connectivity index (χ1v) is 7.80. The van der Waals surface area contributed by atoms with Gasteiger partial charge in [-0.2, -0.15) is 0 Å². The molecular weight excluding hydrogens is 240 g/mol. The maximum absolute atomic E-state index is 12.7. The van der Waals surface area contributed by atoms with Crippen LogP contribution in [0.5, 0.6) is 0 Å². The van der Waals surface area contributed by atoms with Gasteiger partial charge in [0.1, 0.15) is 5.54 Å². The van der Waals surface area contributed by atoms with E-state index < -0.39 is 5.54 Å². The second kappa shape index (κ2) is 5.14. The summed E-state index contributed by atoms with van der Waals surface area (Å²) in [6.45, 7) is 1.46. The van der Waals surface area contributed by atoms with Crippen LogP contribution in [0.25, 0.3) is 0 Å². The quantitative estimate of drug-likeness (QED) is 0.845. The van der Waals surface area contributed by atoms with Crippen molar-refractivity contribution in [2.75, 3.05) is 13.1 Å². The number of hydrogen-bond acceptors (Lipinski definition) is 2. The molecule has 2 amide bonds. The third kappa shape index (κ3) is 2.49. The molecular formula is C15H24N2O2. The Kier molecular flexibility index (Phi) is 3.50. The van der Waals surface area contributed by atoms with Crippen LogP contribution in [0.3, 0.4) is 0 Å². The zero-order valence-corrected chi connectivity index (χ0v) is 11.6. The third-order valence-electron chi connectivity index (χ3n) is 5.17. The van der Waals surface area contributed by atoms with E-state index in [9.17, 15) is 9.59 Å². The van der Waals surface area contributed by atoms with E-state index in [1.807, 2.05) is 4.90 Å². The van der Waals surface area contributed by atoms with Crippen LogP contribution in [0.15, 0.2) is 0 Å². The largest absolute Gasteiger partial charge is 0.342 e. The molecule has 0 aromatic carbocycles. The molecule has 19 heavy (non-hydrogen) atoms. The van der Waals surface area contributed by atoms with E-state index >= 15 is 0 Å². The van der Waals surface area contributed by atoms with Crippen LogP contribution in [-0.2, 0) is 9.59 Å². The number of hydrogen-bond donors (Lipinski definition) is 1. The number of nitrogens with one attached hydrogen (secondary N) is 1. The molecule has 3 fully saturated rings. The lowest BCUT2D eigenvalue weighted by molar-refractivity contribution is -0.138. The summed E-state index contributed by atoms with van der Waals surface area (Å²) in [5.74, 6) is 1.07. The molecule has 106 valence electrons. The smallest absolute Gasteiger partial charge is 0.248 e. The Morgan fingerprint density at radius 1 is 1.16 bits per heavy atom. The van der Waals surface area contributed by atoms with Gasteiger partial charge in [-0.3, -0.25) is 9.59 Å². The van der Waals surface area contributed by atoms with Gasteiger partial charge < -0.3 is 10.2 Å². The van der Waals surface area contributed by atoms with Gasteiger partial charge >= 0.3 is 0 Å². The van der Waals surface area contributed by atoms with Gasteiger partial charge in [0.2, 0.25) is 11.8 Å². The SMILES string of the molecule is O=C1CCN(CCC2CCC2)C(=O)C2(CCCC2)N1. The highest BCUT2D eigenvalue weighted by molar-refractivity contribution is 5.93. The van der Waals surface area contributed by atoms with Crippen molar-refractivity contribution in [2.24, 2.45) is 5.92 Å². The van der Waals surface area contributed by atoms with Gasteiger partial charge in [0.05, 0.1) is 0 Å². The van der Waals surface area contributed by atoms with Gasteiger partial charge in [-0.25, -0.2) is 0 Å². The summed E-state index contributed by atoms with van der Waals surface area (Å²) in [5.41, 5.74) is -0.548. The highest BCUT2D eigenvalue weighted by Gasteiger charge is 2.46. The first-order chi connectivity index (χ1) is 9.20. The molecule has 0 bridgehead atoms. The molecule has 0 aromatic rings. The van der Waals surface area contributed by atoms with Crippen molar-refractivity contribution < 1.29 is 9.59 Å². The maximum Gasteiger partial charge on any atom is 0.248 e. The first kappa shape index (κ1) is 12.9. The van der Waals surface area contributed by atoms with Crippen LogP contribution in [0, 0.1) is 5.92 Å². The van der Waals surface area contributed by atoms with E-state index in [1.165, 1.54) is 19.3 Å². The molecule has 4 nitrogen and oxygen atoms in total. The van der Waals surface area contributed by atoms with Crippen molar-refractivity contribution in [1.82, 2.24) is 10.2 Å². The number of nitrogens with zero attached hydrogens (tertiary/aromatic N) is 1.